The van der Waals surface area contributed by atoms with E-state index < -0.39 is 6.10 Å². The summed E-state index contributed by atoms with van der Waals surface area (Å²) in [4.78, 5) is 14.1. The van der Waals surface area contributed by atoms with Crippen LogP contribution in [-0.2, 0) is 11.2 Å². The predicted molar refractivity (Wildman–Crippen MR) is 88.4 cm³/mol. The highest BCUT2D eigenvalue weighted by atomic mass is 35.5. The third-order valence-corrected chi connectivity index (χ3v) is 4.64. The molecule has 3 rings (SSSR count). The van der Waals surface area contributed by atoms with Crippen LogP contribution in [0.25, 0.3) is 11.3 Å². The van der Waals surface area contributed by atoms with Crippen molar-refractivity contribution in [1.82, 2.24) is 10.1 Å². The highest BCUT2D eigenvalue weighted by Crippen LogP contribution is 2.28. The molecule has 0 spiro atoms. The summed E-state index contributed by atoms with van der Waals surface area (Å²) in [6.45, 7) is 0.697. The third-order valence-electron chi connectivity index (χ3n) is 4.31. The van der Waals surface area contributed by atoms with Gasteiger partial charge in [0.15, 0.2) is 5.76 Å². The molecule has 0 radical (unpaired) electrons. The van der Waals surface area contributed by atoms with Crippen molar-refractivity contribution in [3.8, 4) is 11.3 Å². The normalized spacial score (nSPS) is 21.0. The Balaban J connectivity index is 1.67. The lowest BCUT2D eigenvalue weighted by atomic mass is 9.95. The van der Waals surface area contributed by atoms with Crippen LogP contribution in [0, 0.1) is 5.92 Å². The van der Waals surface area contributed by atoms with Gasteiger partial charge in [0.2, 0.25) is 5.91 Å². The molecule has 1 saturated heterocycles. The molecule has 0 saturated carbocycles. The van der Waals surface area contributed by atoms with Gasteiger partial charge in [-0.25, -0.2) is 0 Å². The van der Waals surface area contributed by atoms with Crippen LogP contribution in [0.3, 0.4) is 0 Å². The zero-order chi connectivity index (χ0) is 17.1. The summed E-state index contributed by atoms with van der Waals surface area (Å²) in [5, 5.41) is 23.5. The number of amides is 1. The molecule has 1 aliphatic rings. The number of piperidine rings is 1. The van der Waals surface area contributed by atoms with E-state index in [-0.39, 0.29) is 24.9 Å². The fourth-order valence-electron chi connectivity index (χ4n) is 2.88. The average Bonchev–Trinajstić information content (AvgIpc) is 3.03. The van der Waals surface area contributed by atoms with Gasteiger partial charge in [-0.15, -0.1) is 0 Å². The van der Waals surface area contributed by atoms with E-state index in [2.05, 4.69) is 5.16 Å². The van der Waals surface area contributed by atoms with Crippen molar-refractivity contribution in [2.45, 2.75) is 18.9 Å². The maximum atomic E-state index is 12.4. The summed E-state index contributed by atoms with van der Waals surface area (Å²) in [6.07, 6.45) is 0.0287. The lowest BCUT2D eigenvalue weighted by Crippen LogP contribution is -2.47. The number of hydrogen-bond donors (Lipinski definition) is 2. The quantitative estimate of drug-likeness (QED) is 0.877. The number of aliphatic hydroxyl groups excluding tert-OH is 2. The molecule has 2 aromatic rings. The number of aromatic nitrogens is 1. The summed E-state index contributed by atoms with van der Waals surface area (Å²) in [7, 11) is 0. The molecular formula is C17H19ClN2O4. The molecule has 2 N–H and O–H groups in total. The SMILES string of the molecule is O=C(Cc1cc(-c2ccccc2Cl)on1)N1CCC(O)C(CO)C1. The lowest BCUT2D eigenvalue weighted by molar-refractivity contribution is -0.134. The van der Waals surface area contributed by atoms with Crippen LogP contribution in [-0.4, -0.2) is 52.0 Å². The highest BCUT2D eigenvalue weighted by Gasteiger charge is 2.30. The topological polar surface area (TPSA) is 86.8 Å². The van der Waals surface area contributed by atoms with Crippen LogP contribution in [0.5, 0.6) is 0 Å². The zero-order valence-corrected chi connectivity index (χ0v) is 13.8. The van der Waals surface area contributed by atoms with Crippen molar-refractivity contribution in [3.63, 3.8) is 0 Å². The van der Waals surface area contributed by atoms with E-state index in [1.54, 1.807) is 17.0 Å². The number of halogens is 1. The molecule has 6 nitrogen and oxygen atoms in total. The fourth-order valence-corrected chi connectivity index (χ4v) is 3.10. The Labute approximate surface area is 144 Å². The Bertz CT molecular complexity index is 718. The minimum Gasteiger partial charge on any atom is -0.396 e. The second-order valence-electron chi connectivity index (χ2n) is 5.98. The van der Waals surface area contributed by atoms with Crippen molar-refractivity contribution in [1.29, 1.82) is 0 Å². The molecule has 1 fully saturated rings. The van der Waals surface area contributed by atoms with Crippen molar-refractivity contribution in [3.05, 3.63) is 41.0 Å². The van der Waals surface area contributed by atoms with Crippen LogP contribution in [0.15, 0.2) is 34.9 Å². The van der Waals surface area contributed by atoms with E-state index >= 15 is 0 Å². The Morgan fingerprint density at radius 1 is 1.42 bits per heavy atom. The van der Waals surface area contributed by atoms with E-state index in [1.165, 1.54) is 0 Å². The minimum absolute atomic E-state index is 0.0978. The number of nitrogens with zero attached hydrogens (tertiary/aromatic N) is 2. The number of aliphatic hydroxyl groups is 2. The van der Waals surface area contributed by atoms with Crippen LogP contribution >= 0.6 is 11.6 Å². The van der Waals surface area contributed by atoms with E-state index in [0.717, 1.165) is 5.56 Å². The molecule has 128 valence electrons. The van der Waals surface area contributed by atoms with E-state index in [0.29, 0.717) is 36.0 Å². The Hall–Kier alpha value is -1.89. The van der Waals surface area contributed by atoms with Crippen molar-refractivity contribution < 1.29 is 19.5 Å². The number of likely N-dealkylation sites (tertiary alicyclic amines) is 1. The molecule has 24 heavy (non-hydrogen) atoms. The molecule has 2 unspecified atom stereocenters. The van der Waals surface area contributed by atoms with Crippen LogP contribution in [0.1, 0.15) is 12.1 Å². The molecule has 1 amide bonds. The largest absolute Gasteiger partial charge is 0.396 e. The van der Waals surface area contributed by atoms with Gasteiger partial charge in [-0.1, -0.05) is 28.9 Å². The number of hydrogen-bond acceptors (Lipinski definition) is 5. The standard InChI is InChI=1S/C17H19ClN2O4/c18-14-4-2-1-3-13(14)16-7-12(19-24-16)8-17(23)20-6-5-15(22)11(9-20)10-21/h1-4,7,11,15,21-22H,5-6,8-10H2. The second-order valence-corrected chi connectivity index (χ2v) is 6.38. The fraction of sp³-hybridized carbons (Fsp3) is 0.412. The predicted octanol–water partition coefficient (Wildman–Crippen LogP) is 1.74. The molecule has 2 heterocycles. The van der Waals surface area contributed by atoms with E-state index in [1.807, 2.05) is 18.2 Å². The molecule has 7 heteroatoms. The highest BCUT2D eigenvalue weighted by molar-refractivity contribution is 6.33. The van der Waals surface area contributed by atoms with Crippen molar-refractivity contribution in [2.24, 2.45) is 5.92 Å². The van der Waals surface area contributed by atoms with Crippen LogP contribution in [0.4, 0.5) is 0 Å². The van der Waals surface area contributed by atoms with Crippen LogP contribution in [0.2, 0.25) is 5.02 Å². The number of carbonyl (C=O) groups excluding carboxylic acids is 1. The molecule has 0 bridgehead atoms. The second kappa shape index (κ2) is 7.34. The summed E-state index contributed by atoms with van der Waals surface area (Å²) in [5.41, 5.74) is 1.26. The summed E-state index contributed by atoms with van der Waals surface area (Å²) < 4.78 is 5.29. The van der Waals surface area contributed by atoms with Gasteiger partial charge < -0.3 is 19.6 Å². The number of rotatable bonds is 4. The number of benzene rings is 1. The summed E-state index contributed by atoms with van der Waals surface area (Å²) in [5.74, 6) is 0.128. The van der Waals surface area contributed by atoms with Gasteiger partial charge in [-0.05, 0) is 18.6 Å². The van der Waals surface area contributed by atoms with Gasteiger partial charge >= 0.3 is 0 Å². The summed E-state index contributed by atoms with van der Waals surface area (Å²) >= 11 is 6.13. The first-order valence-corrected chi connectivity index (χ1v) is 8.23. The van der Waals surface area contributed by atoms with Gasteiger partial charge in [0.1, 0.15) is 0 Å². The third kappa shape index (κ3) is 3.61. The summed E-state index contributed by atoms with van der Waals surface area (Å²) in [6, 6.07) is 8.98. The maximum Gasteiger partial charge on any atom is 0.228 e. The van der Waals surface area contributed by atoms with E-state index in [9.17, 15) is 15.0 Å². The van der Waals surface area contributed by atoms with Crippen molar-refractivity contribution >= 4 is 17.5 Å². The lowest BCUT2D eigenvalue weighted by Gasteiger charge is -2.35. The molecular weight excluding hydrogens is 332 g/mol. The Morgan fingerprint density at radius 3 is 2.96 bits per heavy atom. The Morgan fingerprint density at radius 2 is 2.21 bits per heavy atom. The first kappa shape index (κ1) is 17.0. The first-order chi connectivity index (χ1) is 11.6. The van der Waals surface area contributed by atoms with Crippen molar-refractivity contribution in [2.75, 3.05) is 19.7 Å². The van der Waals surface area contributed by atoms with Gasteiger partial charge in [-0.3, -0.25) is 4.79 Å². The Kier molecular flexibility index (Phi) is 5.18. The van der Waals surface area contributed by atoms with E-state index in [4.69, 9.17) is 16.1 Å². The smallest absolute Gasteiger partial charge is 0.228 e. The minimum atomic E-state index is -0.557. The van der Waals surface area contributed by atoms with Gasteiger partial charge in [0, 0.05) is 30.6 Å². The van der Waals surface area contributed by atoms with Gasteiger partial charge in [0.25, 0.3) is 0 Å². The average molecular weight is 351 g/mol. The zero-order valence-electron chi connectivity index (χ0n) is 13.1. The van der Waals surface area contributed by atoms with Crippen LogP contribution < -0.4 is 0 Å². The molecule has 1 aromatic carbocycles. The molecule has 1 aromatic heterocycles. The first-order valence-electron chi connectivity index (χ1n) is 7.85. The molecule has 1 aliphatic heterocycles. The van der Waals surface area contributed by atoms with Gasteiger partial charge in [0.05, 0.1) is 29.8 Å². The number of carbonyl (C=O) groups is 1. The molecule has 0 aliphatic carbocycles. The molecule has 2 atom stereocenters. The maximum absolute atomic E-state index is 12.4. The monoisotopic (exact) mass is 350 g/mol. The van der Waals surface area contributed by atoms with Gasteiger partial charge in [-0.2, -0.15) is 0 Å².